The van der Waals surface area contributed by atoms with Gasteiger partial charge in [0.05, 0.1) is 0 Å². The highest BCUT2D eigenvalue weighted by Crippen LogP contribution is 2.27. The van der Waals surface area contributed by atoms with Crippen LogP contribution in [0.25, 0.3) is 0 Å². The molecule has 88 valence electrons. The van der Waals surface area contributed by atoms with Gasteiger partial charge in [0.15, 0.2) is 0 Å². The molecule has 0 amide bonds. The van der Waals surface area contributed by atoms with E-state index in [9.17, 15) is 0 Å². The number of nitrogens with zero attached hydrogens (tertiary/aromatic N) is 1. The third kappa shape index (κ3) is 2.71. The largest absolute Gasteiger partial charge is 0.396 e. The van der Waals surface area contributed by atoms with Crippen molar-refractivity contribution in [2.24, 2.45) is 0 Å². The number of nitrogens with one attached hydrogen (secondary N) is 1. The molecule has 1 aliphatic heterocycles. The van der Waals surface area contributed by atoms with Gasteiger partial charge < -0.3 is 10.4 Å². The number of rotatable bonds is 3. The number of hydrogen-bond donors (Lipinski definition) is 2. The molecule has 0 aromatic heterocycles. The van der Waals surface area contributed by atoms with E-state index in [4.69, 9.17) is 5.11 Å². The van der Waals surface area contributed by atoms with E-state index >= 15 is 0 Å². The highest BCUT2D eigenvalue weighted by Gasteiger charge is 2.32. The van der Waals surface area contributed by atoms with Crippen molar-refractivity contribution in [2.45, 2.75) is 57.2 Å². The van der Waals surface area contributed by atoms with Gasteiger partial charge in [-0.15, -0.1) is 0 Å². The zero-order valence-electron chi connectivity index (χ0n) is 9.78. The first kappa shape index (κ1) is 11.4. The Morgan fingerprint density at radius 3 is 2.73 bits per heavy atom. The van der Waals surface area contributed by atoms with E-state index in [-0.39, 0.29) is 0 Å². The van der Waals surface area contributed by atoms with Crippen LogP contribution < -0.4 is 5.32 Å². The van der Waals surface area contributed by atoms with Crippen molar-refractivity contribution in [1.82, 2.24) is 10.2 Å². The standard InChI is InChI=1S/C12H24N2O/c1-10-9-14(11-4-2-3-5-11)12(6-7-15)8-13-10/h10-13,15H,2-9H2,1H3. The first-order valence-corrected chi connectivity index (χ1v) is 6.41. The molecule has 1 saturated carbocycles. The zero-order chi connectivity index (χ0) is 10.7. The normalized spacial score (nSPS) is 34.8. The van der Waals surface area contributed by atoms with Crippen molar-refractivity contribution in [1.29, 1.82) is 0 Å². The van der Waals surface area contributed by atoms with Crippen LogP contribution in [-0.4, -0.2) is 47.8 Å². The van der Waals surface area contributed by atoms with E-state index in [0.29, 0.717) is 18.7 Å². The van der Waals surface area contributed by atoms with Gasteiger partial charge >= 0.3 is 0 Å². The molecule has 3 nitrogen and oxygen atoms in total. The maximum absolute atomic E-state index is 9.09. The lowest BCUT2D eigenvalue weighted by Crippen LogP contribution is -2.58. The Bertz CT molecular complexity index is 192. The number of piperazine rings is 1. The summed E-state index contributed by atoms with van der Waals surface area (Å²) in [6.45, 7) is 4.80. The molecular weight excluding hydrogens is 188 g/mol. The summed E-state index contributed by atoms with van der Waals surface area (Å²) in [6.07, 6.45) is 6.46. The fourth-order valence-electron chi connectivity index (χ4n) is 3.08. The Kier molecular flexibility index (Phi) is 4.00. The summed E-state index contributed by atoms with van der Waals surface area (Å²) < 4.78 is 0. The van der Waals surface area contributed by atoms with Crippen molar-refractivity contribution >= 4 is 0 Å². The second-order valence-electron chi connectivity index (χ2n) is 5.11. The quantitative estimate of drug-likeness (QED) is 0.732. The Morgan fingerprint density at radius 2 is 2.07 bits per heavy atom. The van der Waals surface area contributed by atoms with Crippen LogP contribution in [0.15, 0.2) is 0 Å². The third-order valence-electron chi connectivity index (χ3n) is 3.91. The van der Waals surface area contributed by atoms with Crippen LogP contribution in [0, 0.1) is 0 Å². The first-order chi connectivity index (χ1) is 7.31. The van der Waals surface area contributed by atoms with E-state index in [0.717, 1.165) is 25.6 Å². The van der Waals surface area contributed by atoms with Crippen LogP contribution in [0.3, 0.4) is 0 Å². The van der Waals surface area contributed by atoms with Crippen LogP contribution in [0.5, 0.6) is 0 Å². The van der Waals surface area contributed by atoms with Gasteiger partial charge in [-0.25, -0.2) is 0 Å². The Balaban J connectivity index is 1.95. The van der Waals surface area contributed by atoms with Gasteiger partial charge in [-0.3, -0.25) is 4.90 Å². The first-order valence-electron chi connectivity index (χ1n) is 6.41. The predicted molar refractivity (Wildman–Crippen MR) is 61.9 cm³/mol. The molecule has 0 radical (unpaired) electrons. The van der Waals surface area contributed by atoms with Crippen molar-refractivity contribution < 1.29 is 5.11 Å². The lowest BCUT2D eigenvalue weighted by Gasteiger charge is -2.42. The summed E-state index contributed by atoms with van der Waals surface area (Å²) in [5.74, 6) is 0. The molecular formula is C12H24N2O. The fourth-order valence-corrected chi connectivity index (χ4v) is 3.08. The van der Waals surface area contributed by atoms with Gasteiger partial charge in [-0.2, -0.15) is 0 Å². The minimum atomic E-state index is 0.323. The van der Waals surface area contributed by atoms with Gasteiger partial charge in [0.25, 0.3) is 0 Å². The van der Waals surface area contributed by atoms with Crippen LogP contribution in [0.4, 0.5) is 0 Å². The van der Waals surface area contributed by atoms with Gasteiger partial charge in [-0.05, 0) is 26.2 Å². The highest BCUT2D eigenvalue weighted by atomic mass is 16.3. The fraction of sp³-hybridized carbons (Fsp3) is 1.00. The SMILES string of the molecule is CC1CN(C2CCCC2)C(CCO)CN1. The van der Waals surface area contributed by atoms with E-state index in [1.165, 1.54) is 25.7 Å². The van der Waals surface area contributed by atoms with Crippen LogP contribution in [-0.2, 0) is 0 Å². The maximum atomic E-state index is 9.09. The molecule has 2 atom stereocenters. The van der Waals surface area contributed by atoms with Crippen molar-refractivity contribution in [3.8, 4) is 0 Å². The molecule has 2 N–H and O–H groups in total. The summed E-state index contributed by atoms with van der Waals surface area (Å²) in [4.78, 5) is 2.66. The minimum Gasteiger partial charge on any atom is -0.396 e. The molecule has 0 aromatic carbocycles. The molecule has 2 aliphatic rings. The smallest absolute Gasteiger partial charge is 0.0446 e. The monoisotopic (exact) mass is 212 g/mol. The van der Waals surface area contributed by atoms with Gasteiger partial charge in [0.2, 0.25) is 0 Å². The predicted octanol–water partition coefficient (Wildman–Crippen LogP) is 0.974. The van der Waals surface area contributed by atoms with E-state index in [1.807, 2.05) is 0 Å². The summed E-state index contributed by atoms with van der Waals surface area (Å²) >= 11 is 0. The van der Waals surface area contributed by atoms with Gasteiger partial charge in [0, 0.05) is 37.8 Å². The molecule has 3 heteroatoms. The average Bonchev–Trinajstić information content (AvgIpc) is 2.74. The molecule has 1 heterocycles. The second kappa shape index (κ2) is 5.28. The van der Waals surface area contributed by atoms with E-state index in [2.05, 4.69) is 17.1 Å². The molecule has 0 aromatic rings. The van der Waals surface area contributed by atoms with E-state index < -0.39 is 0 Å². The van der Waals surface area contributed by atoms with E-state index in [1.54, 1.807) is 0 Å². The van der Waals surface area contributed by atoms with Crippen LogP contribution in [0.2, 0.25) is 0 Å². The summed E-state index contributed by atoms with van der Waals surface area (Å²) in [5, 5.41) is 12.6. The molecule has 0 spiro atoms. The number of aliphatic hydroxyl groups excluding tert-OH is 1. The molecule has 2 fully saturated rings. The average molecular weight is 212 g/mol. The topological polar surface area (TPSA) is 35.5 Å². The number of aliphatic hydroxyl groups is 1. The summed E-state index contributed by atoms with van der Waals surface area (Å²) in [6, 6.07) is 1.97. The molecule has 2 unspecified atom stereocenters. The number of hydrogen-bond acceptors (Lipinski definition) is 3. The Hall–Kier alpha value is -0.120. The van der Waals surface area contributed by atoms with Crippen molar-refractivity contribution in [3.05, 3.63) is 0 Å². The molecule has 0 bridgehead atoms. The lowest BCUT2D eigenvalue weighted by molar-refractivity contribution is 0.0706. The lowest BCUT2D eigenvalue weighted by atomic mass is 10.0. The Labute approximate surface area is 92.8 Å². The zero-order valence-corrected chi connectivity index (χ0v) is 9.78. The van der Waals surface area contributed by atoms with Gasteiger partial charge in [-0.1, -0.05) is 12.8 Å². The molecule has 15 heavy (non-hydrogen) atoms. The second-order valence-corrected chi connectivity index (χ2v) is 5.11. The molecule has 1 saturated heterocycles. The minimum absolute atomic E-state index is 0.323. The summed E-state index contributed by atoms with van der Waals surface area (Å²) in [5.41, 5.74) is 0. The molecule has 2 rings (SSSR count). The molecule has 1 aliphatic carbocycles. The Morgan fingerprint density at radius 1 is 1.33 bits per heavy atom. The maximum Gasteiger partial charge on any atom is 0.0446 e. The van der Waals surface area contributed by atoms with Crippen molar-refractivity contribution in [2.75, 3.05) is 19.7 Å². The summed E-state index contributed by atoms with van der Waals surface area (Å²) in [7, 11) is 0. The third-order valence-corrected chi connectivity index (χ3v) is 3.91. The van der Waals surface area contributed by atoms with Gasteiger partial charge in [0.1, 0.15) is 0 Å². The van der Waals surface area contributed by atoms with Crippen LogP contribution >= 0.6 is 0 Å². The van der Waals surface area contributed by atoms with Crippen LogP contribution in [0.1, 0.15) is 39.0 Å². The van der Waals surface area contributed by atoms with Crippen molar-refractivity contribution in [3.63, 3.8) is 0 Å². The highest BCUT2D eigenvalue weighted by molar-refractivity contribution is 4.90.